The van der Waals surface area contributed by atoms with Crippen molar-refractivity contribution >= 4 is 33.2 Å². The van der Waals surface area contributed by atoms with Crippen molar-refractivity contribution in [3.8, 4) is 0 Å². The first kappa shape index (κ1) is 27.2. The first-order valence-corrected chi connectivity index (χ1v) is 13.6. The zero-order valence-corrected chi connectivity index (χ0v) is 22.1. The minimum atomic E-state index is -4.37. The molecule has 10 heteroatoms. The highest BCUT2D eigenvalue weighted by atomic mass is 32.2. The van der Waals surface area contributed by atoms with Gasteiger partial charge in [0.15, 0.2) is 0 Å². The molecule has 0 aromatic heterocycles. The second kappa shape index (κ2) is 11.2. The van der Waals surface area contributed by atoms with Gasteiger partial charge in [0.1, 0.15) is 16.8 Å². The van der Waals surface area contributed by atoms with Crippen molar-refractivity contribution in [1.82, 2.24) is 10.0 Å². The Bertz CT molecular complexity index is 1470. The van der Waals surface area contributed by atoms with Gasteiger partial charge in [-0.05, 0) is 30.5 Å². The van der Waals surface area contributed by atoms with Crippen LogP contribution >= 0.6 is 0 Å². The largest absolute Gasteiger partial charge is 0.325 e. The monoisotopic (exact) mass is 536 g/mol. The highest BCUT2D eigenvalue weighted by Crippen LogP contribution is 2.27. The zero-order valence-electron chi connectivity index (χ0n) is 21.3. The van der Waals surface area contributed by atoms with E-state index >= 15 is 0 Å². The molecule has 0 saturated heterocycles. The number of carbonyl (C=O) groups is 2. The number of nitrogens with one attached hydrogen (secondary N) is 2. The van der Waals surface area contributed by atoms with Crippen LogP contribution in [-0.2, 0) is 19.6 Å². The van der Waals surface area contributed by atoms with Crippen molar-refractivity contribution in [3.05, 3.63) is 95.8 Å². The van der Waals surface area contributed by atoms with E-state index < -0.39 is 44.8 Å². The lowest BCUT2D eigenvalue weighted by Crippen LogP contribution is -2.53. The van der Waals surface area contributed by atoms with Crippen LogP contribution < -0.4 is 14.9 Å². The Morgan fingerprint density at radius 3 is 2.32 bits per heavy atom. The number of benzene rings is 3. The molecule has 3 aromatic carbocycles. The predicted molar refractivity (Wildman–Crippen MR) is 144 cm³/mol. The van der Waals surface area contributed by atoms with Gasteiger partial charge < -0.3 is 10.2 Å². The summed E-state index contributed by atoms with van der Waals surface area (Å²) in [5.74, 6) is -2.25. The van der Waals surface area contributed by atoms with Gasteiger partial charge in [-0.15, -0.1) is 0 Å². The van der Waals surface area contributed by atoms with Gasteiger partial charge in [-0.2, -0.15) is 4.72 Å². The first-order chi connectivity index (χ1) is 18.1. The summed E-state index contributed by atoms with van der Waals surface area (Å²) in [6.45, 7) is 3.65. The normalized spacial score (nSPS) is 16.4. The Balaban J connectivity index is 1.69. The van der Waals surface area contributed by atoms with E-state index in [9.17, 15) is 22.4 Å². The minimum absolute atomic E-state index is 0.0887. The van der Waals surface area contributed by atoms with E-state index in [2.05, 4.69) is 15.0 Å². The number of amides is 2. The van der Waals surface area contributed by atoms with Crippen LogP contribution in [0.15, 0.2) is 88.8 Å². The number of benzodiazepines with no additional fused rings is 1. The molecule has 1 aliphatic heterocycles. The van der Waals surface area contributed by atoms with E-state index in [0.717, 1.165) is 17.7 Å². The summed E-state index contributed by atoms with van der Waals surface area (Å²) < 4.78 is 42.5. The Morgan fingerprint density at radius 1 is 1.00 bits per heavy atom. The third-order valence-corrected chi connectivity index (χ3v) is 7.62. The second-order valence-corrected chi connectivity index (χ2v) is 11.1. The van der Waals surface area contributed by atoms with Gasteiger partial charge in [0.2, 0.25) is 22.1 Å². The number of fused-ring (bicyclic) bond motifs is 1. The molecule has 0 bridgehead atoms. The van der Waals surface area contributed by atoms with Gasteiger partial charge in [0, 0.05) is 18.2 Å². The minimum Gasteiger partial charge on any atom is -0.325 e. The average Bonchev–Trinajstić information content (AvgIpc) is 2.99. The van der Waals surface area contributed by atoms with Gasteiger partial charge in [-0.1, -0.05) is 74.5 Å². The molecular formula is C28H29FN4O4S. The maximum atomic E-state index is 14.3. The second-order valence-electron chi connectivity index (χ2n) is 9.40. The van der Waals surface area contributed by atoms with Crippen molar-refractivity contribution in [3.63, 3.8) is 0 Å². The van der Waals surface area contributed by atoms with Gasteiger partial charge in [-0.25, -0.2) is 17.8 Å². The summed E-state index contributed by atoms with van der Waals surface area (Å²) in [4.78, 5) is 32.4. The molecule has 0 fully saturated rings. The van der Waals surface area contributed by atoms with Crippen LogP contribution in [0.3, 0.4) is 0 Å². The Morgan fingerprint density at radius 2 is 1.63 bits per heavy atom. The van der Waals surface area contributed by atoms with E-state index in [0.29, 0.717) is 17.0 Å². The van der Waals surface area contributed by atoms with Crippen LogP contribution in [0.2, 0.25) is 0 Å². The maximum Gasteiger partial charge on any atom is 0.272 e. The highest BCUT2D eigenvalue weighted by Gasteiger charge is 2.34. The smallest absolute Gasteiger partial charge is 0.272 e. The molecule has 2 atom stereocenters. The van der Waals surface area contributed by atoms with Gasteiger partial charge >= 0.3 is 0 Å². The Hall–Kier alpha value is -3.89. The molecule has 2 amide bonds. The van der Waals surface area contributed by atoms with E-state index in [-0.39, 0.29) is 12.3 Å². The lowest BCUT2D eigenvalue weighted by molar-refractivity contribution is -0.128. The van der Waals surface area contributed by atoms with Crippen LogP contribution in [0.25, 0.3) is 0 Å². The maximum absolute atomic E-state index is 14.3. The zero-order chi connectivity index (χ0) is 27.4. The molecule has 1 heterocycles. The van der Waals surface area contributed by atoms with Gasteiger partial charge in [-0.3, -0.25) is 9.59 Å². The average molecular weight is 537 g/mol. The van der Waals surface area contributed by atoms with Crippen LogP contribution in [-0.4, -0.2) is 45.2 Å². The molecule has 0 saturated carbocycles. The van der Waals surface area contributed by atoms with E-state index in [1.165, 1.54) is 17.0 Å². The fraction of sp³-hybridized carbons (Fsp3) is 0.250. The predicted octanol–water partition coefficient (Wildman–Crippen LogP) is 3.48. The SMILES string of the molecule is CC(C)CC(NS(=O)(=O)c1ccccc1F)C(=O)NC1N=C(c2ccccc2)c2ccccc2N(C)C1=O. The number of nitrogens with zero attached hydrogens (tertiary/aromatic N) is 2. The van der Waals surface area contributed by atoms with Crippen molar-refractivity contribution in [2.75, 3.05) is 11.9 Å². The summed E-state index contributed by atoms with van der Waals surface area (Å²) in [5, 5.41) is 2.63. The molecule has 0 spiro atoms. The quantitative estimate of drug-likeness (QED) is 0.460. The van der Waals surface area contributed by atoms with E-state index in [1.54, 1.807) is 19.2 Å². The molecular weight excluding hydrogens is 507 g/mol. The third-order valence-electron chi connectivity index (χ3n) is 6.12. The van der Waals surface area contributed by atoms with Crippen molar-refractivity contribution < 1.29 is 22.4 Å². The number of carbonyl (C=O) groups excluding carboxylic acids is 2. The molecule has 0 aliphatic carbocycles. The molecule has 38 heavy (non-hydrogen) atoms. The van der Waals surface area contributed by atoms with Crippen LogP contribution in [0, 0.1) is 11.7 Å². The lowest BCUT2D eigenvalue weighted by Gasteiger charge is -2.24. The van der Waals surface area contributed by atoms with Crippen LogP contribution in [0.5, 0.6) is 0 Å². The number of hydrogen-bond donors (Lipinski definition) is 2. The first-order valence-electron chi connectivity index (χ1n) is 12.2. The van der Waals surface area contributed by atoms with Gasteiger partial charge in [0.25, 0.3) is 5.91 Å². The number of rotatable bonds is 8. The van der Waals surface area contributed by atoms with Crippen molar-refractivity contribution in [2.24, 2.45) is 10.9 Å². The fourth-order valence-electron chi connectivity index (χ4n) is 4.27. The molecule has 198 valence electrons. The molecule has 0 radical (unpaired) electrons. The number of halogens is 1. The summed E-state index contributed by atoms with van der Waals surface area (Å²) in [5.41, 5.74) is 2.60. The van der Waals surface area contributed by atoms with Crippen LogP contribution in [0.4, 0.5) is 10.1 Å². The topological polar surface area (TPSA) is 108 Å². The molecule has 3 aromatic rings. The number of anilines is 1. The van der Waals surface area contributed by atoms with E-state index in [4.69, 9.17) is 0 Å². The van der Waals surface area contributed by atoms with E-state index in [1.807, 2.05) is 56.3 Å². The van der Waals surface area contributed by atoms with Crippen molar-refractivity contribution in [2.45, 2.75) is 37.4 Å². The molecule has 1 aliphatic rings. The Labute approximate surface area is 221 Å². The van der Waals surface area contributed by atoms with Gasteiger partial charge in [0.05, 0.1) is 11.4 Å². The number of likely N-dealkylation sites (N-methyl/N-ethyl adjacent to an activating group) is 1. The summed E-state index contributed by atoms with van der Waals surface area (Å²) in [6, 6.07) is 20.2. The number of hydrogen-bond acceptors (Lipinski definition) is 5. The molecule has 8 nitrogen and oxygen atoms in total. The summed E-state index contributed by atoms with van der Waals surface area (Å²) >= 11 is 0. The highest BCUT2D eigenvalue weighted by molar-refractivity contribution is 7.89. The van der Waals surface area contributed by atoms with Crippen molar-refractivity contribution in [1.29, 1.82) is 0 Å². The molecule has 2 N–H and O–H groups in total. The number of aliphatic imine (C=N–C) groups is 1. The number of sulfonamides is 1. The number of para-hydroxylation sites is 1. The third kappa shape index (κ3) is 5.81. The summed E-state index contributed by atoms with van der Waals surface area (Å²) in [6.07, 6.45) is -1.20. The Kier molecular flexibility index (Phi) is 8.03. The molecule has 4 rings (SSSR count). The standard InChI is InChI=1S/C28H29FN4O4S/c1-18(2)17-22(32-38(36,37)24-16-10-8-14-21(24)29)27(34)31-26-28(35)33(3)23-15-9-7-13-20(23)25(30-26)19-11-5-4-6-12-19/h4-16,18,22,26,32H,17H2,1-3H3,(H,31,34). The fourth-order valence-corrected chi connectivity index (χ4v) is 5.56. The molecule has 2 unspecified atom stereocenters. The summed E-state index contributed by atoms with van der Waals surface area (Å²) in [7, 11) is -2.77. The lowest BCUT2D eigenvalue weighted by atomic mass is 10.0. The van der Waals surface area contributed by atoms with Crippen LogP contribution in [0.1, 0.15) is 31.4 Å².